The van der Waals surface area contributed by atoms with Crippen molar-refractivity contribution in [1.82, 2.24) is 15.5 Å². The van der Waals surface area contributed by atoms with Crippen LogP contribution in [0.3, 0.4) is 0 Å². The second kappa shape index (κ2) is 8.48. The van der Waals surface area contributed by atoms with Gasteiger partial charge >= 0.3 is 0 Å². The van der Waals surface area contributed by atoms with E-state index in [2.05, 4.69) is 26.5 Å². The molecule has 0 saturated carbocycles. The Labute approximate surface area is 168 Å². The molecule has 0 aliphatic carbocycles. The van der Waals surface area contributed by atoms with Crippen LogP contribution >= 0.6 is 11.3 Å². The zero-order valence-corrected chi connectivity index (χ0v) is 16.7. The molecule has 2 N–H and O–H groups in total. The summed E-state index contributed by atoms with van der Waals surface area (Å²) in [5, 5.41) is 14.8. The van der Waals surface area contributed by atoms with Crippen molar-refractivity contribution >= 4 is 23.1 Å². The molecular weight excluding hydrogens is 372 g/mol. The average molecular weight is 397 g/mol. The number of benzene rings is 1. The van der Waals surface area contributed by atoms with Gasteiger partial charge in [0.2, 0.25) is 5.91 Å². The number of thiophene rings is 1. The van der Waals surface area contributed by atoms with Crippen LogP contribution in [-0.4, -0.2) is 42.3 Å². The number of rotatable bonds is 6. The molecule has 1 amide bonds. The van der Waals surface area contributed by atoms with E-state index in [1.54, 1.807) is 18.4 Å². The number of methoxy groups -OCH3 is 1. The summed E-state index contributed by atoms with van der Waals surface area (Å²) in [4.78, 5) is 14.5. The van der Waals surface area contributed by atoms with Crippen molar-refractivity contribution < 1.29 is 9.53 Å². The number of piperidine rings is 1. The number of carbonyl (C=O) groups is 1. The van der Waals surface area contributed by atoms with E-state index in [4.69, 9.17) is 4.74 Å². The molecular formula is C21H24N4O2S. The third kappa shape index (κ3) is 4.36. The quantitative estimate of drug-likeness (QED) is 0.669. The largest absolute Gasteiger partial charge is 0.497 e. The number of amides is 1. The predicted octanol–water partition coefficient (Wildman–Crippen LogP) is 3.47. The van der Waals surface area contributed by atoms with Crippen LogP contribution in [0.2, 0.25) is 0 Å². The van der Waals surface area contributed by atoms with E-state index in [1.165, 1.54) is 0 Å². The molecule has 1 aliphatic heterocycles. The van der Waals surface area contributed by atoms with Gasteiger partial charge in [0.25, 0.3) is 0 Å². The van der Waals surface area contributed by atoms with Crippen molar-refractivity contribution in [3.8, 4) is 17.0 Å². The Morgan fingerprint density at radius 1 is 1.36 bits per heavy atom. The fourth-order valence-electron chi connectivity index (χ4n) is 3.55. The Balaban J connectivity index is 1.37. The summed E-state index contributed by atoms with van der Waals surface area (Å²) in [6.45, 7) is 1.73. The number of ether oxygens (including phenoxy) is 1. The van der Waals surface area contributed by atoms with Crippen LogP contribution in [0.25, 0.3) is 11.3 Å². The van der Waals surface area contributed by atoms with Crippen molar-refractivity contribution in [2.75, 3.05) is 25.1 Å². The lowest BCUT2D eigenvalue weighted by Gasteiger charge is -2.33. The zero-order chi connectivity index (χ0) is 19.3. The summed E-state index contributed by atoms with van der Waals surface area (Å²) in [7, 11) is 1.66. The van der Waals surface area contributed by atoms with Gasteiger partial charge in [-0.2, -0.15) is 16.4 Å². The third-order valence-electron chi connectivity index (χ3n) is 5.02. The number of aromatic amines is 1. The van der Waals surface area contributed by atoms with Crippen LogP contribution in [0, 0.1) is 0 Å². The lowest BCUT2D eigenvalue weighted by molar-refractivity contribution is -0.121. The molecule has 3 aromatic rings. The molecule has 4 rings (SSSR count). The van der Waals surface area contributed by atoms with Crippen LogP contribution in [0.5, 0.6) is 5.75 Å². The predicted molar refractivity (Wildman–Crippen MR) is 112 cm³/mol. The Morgan fingerprint density at radius 2 is 2.21 bits per heavy atom. The first-order chi connectivity index (χ1) is 13.7. The van der Waals surface area contributed by atoms with Gasteiger partial charge in [-0.1, -0.05) is 0 Å². The second-order valence-corrected chi connectivity index (χ2v) is 7.81. The van der Waals surface area contributed by atoms with E-state index in [1.807, 2.05) is 41.1 Å². The number of H-pyrrole nitrogens is 1. The van der Waals surface area contributed by atoms with Crippen molar-refractivity contribution in [3.05, 3.63) is 52.7 Å². The van der Waals surface area contributed by atoms with E-state index in [9.17, 15) is 4.79 Å². The summed E-state index contributed by atoms with van der Waals surface area (Å²) in [5.41, 5.74) is 3.12. The van der Waals surface area contributed by atoms with Gasteiger partial charge in [0.1, 0.15) is 5.75 Å². The highest BCUT2D eigenvalue weighted by atomic mass is 32.1. The van der Waals surface area contributed by atoms with E-state index in [0.29, 0.717) is 6.42 Å². The van der Waals surface area contributed by atoms with Gasteiger partial charge in [-0.3, -0.25) is 9.89 Å². The van der Waals surface area contributed by atoms with Gasteiger partial charge in [0.15, 0.2) is 5.82 Å². The van der Waals surface area contributed by atoms with Crippen LogP contribution in [0.4, 0.5) is 5.82 Å². The molecule has 6 nitrogen and oxygen atoms in total. The maximum atomic E-state index is 12.3. The Morgan fingerprint density at radius 3 is 2.96 bits per heavy atom. The van der Waals surface area contributed by atoms with Crippen LogP contribution in [0.15, 0.2) is 47.2 Å². The first-order valence-electron chi connectivity index (χ1n) is 9.46. The summed E-state index contributed by atoms with van der Waals surface area (Å²) in [6.07, 6.45) is 2.49. The van der Waals surface area contributed by atoms with Gasteiger partial charge in [0, 0.05) is 25.2 Å². The van der Waals surface area contributed by atoms with Crippen LogP contribution < -0.4 is 15.0 Å². The standard InChI is InChI=1S/C21H24N4O2S/c1-27-18-6-4-16(5-7-18)19-12-20(24-23-19)25-9-2-3-17(13-25)22-21(26)11-15-8-10-28-14-15/h4-8,10,12,14,17H,2-3,9,11,13H2,1H3,(H,22,26)(H,23,24)/t17-/m0/s1. The lowest BCUT2D eigenvalue weighted by Crippen LogP contribution is -2.48. The zero-order valence-electron chi connectivity index (χ0n) is 15.9. The summed E-state index contributed by atoms with van der Waals surface area (Å²) in [5.74, 6) is 1.84. The molecule has 0 bridgehead atoms. The van der Waals surface area contributed by atoms with Crippen molar-refractivity contribution in [3.63, 3.8) is 0 Å². The Hall–Kier alpha value is -2.80. The first kappa shape index (κ1) is 18.6. The third-order valence-corrected chi connectivity index (χ3v) is 5.75. The molecule has 0 spiro atoms. The molecule has 0 unspecified atom stereocenters. The molecule has 1 fully saturated rings. The fraction of sp³-hybridized carbons (Fsp3) is 0.333. The van der Waals surface area contributed by atoms with E-state index in [-0.39, 0.29) is 11.9 Å². The molecule has 1 atom stereocenters. The van der Waals surface area contributed by atoms with E-state index >= 15 is 0 Å². The number of nitrogens with zero attached hydrogens (tertiary/aromatic N) is 2. The maximum Gasteiger partial charge on any atom is 0.224 e. The molecule has 1 aromatic carbocycles. The number of anilines is 1. The second-order valence-electron chi connectivity index (χ2n) is 7.03. The fourth-order valence-corrected chi connectivity index (χ4v) is 4.22. The molecule has 1 aliphatic rings. The van der Waals surface area contributed by atoms with Gasteiger partial charge in [-0.05, 0) is 65.1 Å². The number of hydrogen-bond acceptors (Lipinski definition) is 5. The van der Waals surface area contributed by atoms with Crippen molar-refractivity contribution in [1.29, 1.82) is 0 Å². The Kier molecular flexibility index (Phi) is 5.62. The molecule has 7 heteroatoms. The highest BCUT2D eigenvalue weighted by Gasteiger charge is 2.23. The molecule has 146 valence electrons. The maximum absolute atomic E-state index is 12.3. The van der Waals surface area contributed by atoms with Gasteiger partial charge in [-0.25, -0.2) is 0 Å². The van der Waals surface area contributed by atoms with E-state index < -0.39 is 0 Å². The smallest absolute Gasteiger partial charge is 0.224 e. The minimum atomic E-state index is 0.0891. The molecule has 3 heterocycles. The topological polar surface area (TPSA) is 70.2 Å². The summed E-state index contributed by atoms with van der Waals surface area (Å²) in [6, 6.07) is 12.1. The lowest BCUT2D eigenvalue weighted by atomic mass is 10.0. The highest BCUT2D eigenvalue weighted by Crippen LogP contribution is 2.25. The Bertz CT molecular complexity index is 905. The molecule has 0 radical (unpaired) electrons. The summed E-state index contributed by atoms with van der Waals surface area (Å²) < 4.78 is 5.21. The van der Waals surface area contributed by atoms with Gasteiger partial charge < -0.3 is 15.0 Å². The normalized spacial score (nSPS) is 16.8. The number of nitrogens with one attached hydrogen (secondary N) is 2. The SMILES string of the molecule is COc1ccc(-c2cc(N3CCC[C@H](NC(=O)Cc4ccsc4)C3)n[nH]2)cc1. The van der Waals surface area contributed by atoms with Crippen LogP contribution in [0.1, 0.15) is 18.4 Å². The molecule has 28 heavy (non-hydrogen) atoms. The minimum Gasteiger partial charge on any atom is -0.497 e. The highest BCUT2D eigenvalue weighted by molar-refractivity contribution is 7.08. The molecule has 2 aromatic heterocycles. The average Bonchev–Trinajstić information content (AvgIpc) is 3.40. The number of hydrogen-bond donors (Lipinski definition) is 2. The van der Waals surface area contributed by atoms with Crippen molar-refractivity contribution in [2.24, 2.45) is 0 Å². The minimum absolute atomic E-state index is 0.0891. The molecule has 1 saturated heterocycles. The monoisotopic (exact) mass is 396 g/mol. The van der Waals surface area contributed by atoms with Crippen molar-refractivity contribution in [2.45, 2.75) is 25.3 Å². The van der Waals surface area contributed by atoms with Gasteiger partial charge in [0.05, 0.1) is 19.2 Å². The van der Waals surface area contributed by atoms with Crippen LogP contribution in [-0.2, 0) is 11.2 Å². The summed E-state index contributed by atoms with van der Waals surface area (Å²) >= 11 is 1.62. The first-order valence-corrected chi connectivity index (χ1v) is 10.4. The number of carbonyl (C=O) groups excluding carboxylic acids is 1. The number of aromatic nitrogens is 2. The van der Waals surface area contributed by atoms with Gasteiger partial charge in [-0.15, -0.1) is 0 Å². The van der Waals surface area contributed by atoms with E-state index in [0.717, 1.165) is 54.3 Å².